The van der Waals surface area contributed by atoms with Crippen molar-refractivity contribution in [3.05, 3.63) is 78.4 Å². The molecule has 1 aromatic heterocycles. The van der Waals surface area contributed by atoms with Crippen LogP contribution >= 0.6 is 11.3 Å². The lowest BCUT2D eigenvalue weighted by Gasteiger charge is -2.07. The molecule has 0 spiro atoms. The number of para-hydroxylation sites is 1. The second-order valence-electron chi connectivity index (χ2n) is 5.75. The lowest BCUT2D eigenvalue weighted by Crippen LogP contribution is -2.11. The van der Waals surface area contributed by atoms with Crippen LogP contribution in [0.4, 0.5) is 5.69 Å². The minimum atomic E-state index is -0.170. The summed E-state index contributed by atoms with van der Waals surface area (Å²) in [6.07, 6.45) is 0. The van der Waals surface area contributed by atoms with Crippen LogP contribution in [-0.2, 0) is 0 Å². The predicted octanol–water partition coefficient (Wildman–Crippen LogP) is 5.22. The summed E-state index contributed by atoms with van der Waals surface area (Å²) >= 11 is 1.66. The first-order valence-corrected chi connectivity index (χ1v) is 8.96. The normalized spacial score (nSPS) is 10.7. The van der Waals surface area contributed by atoms with Gasteiger partial charge in [0.2, 0.25) is 0 Å². The molecular weight excluding hydrogens is 344 g/mol. The van der Waals surface area contributed by atoms with Gasteiger partial charge in [-0.05, 0) is 54.6 Å². The zero-order valence-electron chi connectivity index (χ0n) is 14.1. The van der Waals surface area contributed by atoms with Crippen molar-refractivity contribution < 1.29 is 9.53 Å². The zero-order chi connectivity index (χ0) is 17.9. The number of rotatable bonds is 4. The Kier molecular flexibility index (Phi) is 4.37. The number of anilines is 1. The largest absolute Gasteiger partial charge is 0.497 e. The van der Waals surface area contributed by atoms with Gasteiger partial charge in [-0.2, -0.15) is 0 Å². The van der Waals surface area contributed by atoms with Gasteiger partial charge in [0.05, 0.1) is 17.3 Å². The van der Waals surface area contributed by atoms with Crippen molar-refractivity contribution in [3.63, 3.8) is 0 Å². The van der Waals surface area contributed by atoms with Gasteiger partial charge >= 0.3 is 0 Å². The molecule has 0 atom stereocenters. The van der Waals surface area contributed by atoms with Gasteiger partial charge in [0, 0.05) is 16.8 Å². The van der Waals surface area contributed by atoms with E-state index in [1.165, 1.54) is 0 Å². The second-order valence-corrected chi connectivity index (χ2v) is 6.78. The maximum atomic E-state index is 12.4. The number of carbonyl (C=O) groups excluding carboxylic acids is 1. The van der Waals surface area contributed by atoms with Crippen molar-refractivity contribution in [2.45, 2.75) is 0 Å². The van der Waals surface area contributed by atoms with Gasteiger partial charge in [0.15, 0.2) is 0 Å². The summed E-state index contributed by atoms with van der Waals surface area (Å²) < 4.78 is 6.32. The van der Waals surface area contributed by atoms with Crippen LogP contribution < -0.4 is 10.1 Å². The third-order valence-corrected chi connectivity index (χ3v) is 5.10. The number of thiazole rings is 1. The van der Waals surface area contributed by atoms with Crippen LogP contribution in [0.25, 0.3) is 20.8 Å². The standard InChI is InChI=1S/C21H16N2O2S/c1-25-17-6-4-5-15(13-17)20(24)22-16-11-9-14(10-12-16)21-23-18-7-2-3-8-19(18)26-21/h2-13H,1H3,(H,22,24). The Morgan fingerprint density at radius 2 is 1.81 bits per heavy atom. The SMILES string of the molecule is COc1cccc(C(=O)Nc2ccc(-c3nc4ccccc4s3)cc2)c1. The average molecular weight is 360 g/mol. The van der Waals surface area contributed by atoms with Gasteiger partial charge in [-0.15, -0.1) is 11.3 Å². The topological polar surface area (TPSA) is 51.2 Å². The Labute approximate surface area is 155 Å². The number of nitrogens with one attached hydrogen (secondary N) is 1. The number of carbonyl (C=O) groups is 1. The maximum Gasteiger partial charge on any atom is 0.255 e. The number of fused-ring (bicyclic) bond motifs is 1. The highest BCUT2D eigenvalue weighted by atomic mass is 32.1. The summed E-state index contributed by atoms with van der Waals surface area (Å²) in [5.74, 6) is 0.487. The van der Waals surface area contributed by atoms with Crippen molar-refractivity contribution in [2.24, 2.45) is 0 Å². The highest BCUT2D eigenvalue weighted by Gasteiger charge is 2.09. The fourth-order valence-corrected chi connectivity index (χ4v) is 3.63. The number of ether oxygens (including phenoxy) is 1. The van der Waals surface area contributed by atoms with E-state index in [0.717, 1.165) is 26.5 Å². The molecule has 0 unspecified atom stereocenters. The molecule has 0 aliphatic rings. The molecule has 4 aromatic rings. The van der Waals surface area contributed by atoms with E-state index in [0.29, 0.717) is 11.3 Å². The fourth-order valence-electron chi connectivity index (χ4n) is 2.66. The van der Waals surface area contributed by atoms with Crippen LogP contribution in [0.5, 0.6) is 5.75 Å². The lowest BCUT2D eigenvalue weighted by molar-refractivity contribution is 0.102. The quantitative estimate of drug-likeness (QED) is 0.542. The van der Waals surface area contributed by atoms with Crippen LogP contribution in [0.3, 0.4) is 0 Å². The number of amides is 1. The Hall–Kier alpha value is -3.18. The molecule has 0 aliphatic carbocycles. The molecule has 26 heavy (non-hydrogen) atoms. The van der Waals surface area contributed by atoms with E-state index in [2.05, 4.69) is 16.4 Å². The molecule has 128 valence electrons. The van der Waals surface area contributed by atoms with Crippen LogP contribution in [0.2, 0.25) is 0 Å². The zero-order valence-corrected chi connectivity index (χ0v) is 14.9. The Bertz CT molecular complexity index is 1040. The van der Waals surface area contributed by atoms with Crippen LogP contribution in [0.15, 0.2) is 72.8 Å². The Morgan fingerprint density at radius 1 is 1.00 bits per heavy atom. The first-order valence-electron chi connectivity index (χ1n) is 8.14. The molecular formula is C21H16N2O2S. The Morgan fingerprint density at radius 3 is 2.58 bits per heavy atom. The van der Waals surface area contributed by atoms with Crippen LogP contribution in [0.1, 0.15) is 10.4 Å². The number of aromatic nitrogens is 1. The van der Waals surface area contributed by atoms with E-state index >= 15 is 0 Å². The van der Waals surface area contributed by atoms with Gasteiger partial charge < -0.3 is 10.1 Å². The second kappa shape index (κ2) is 6.98. The average Bonchev–Trinajstić information content (AvgIpc) is 3.13. The fraction of sp³-hybridized carbons (Fsp3) is 0.0476. The van der Waals surface area contributed by atoms with Crippen molar-refractivity contribution in [3.8, 4) is 16.3 Å². The van der Waals surface area contributed by atoms with Crippen LogP contribution in [0, 0.1) is 0 Å². The van der Waals surface area contributed by atoms with E-state index in [1.54, 1.807) is 36.6 Å². The van der Waals surface area contributed by atoms with Gasteiger partial charge in [0.25, 0.3) is 5.91 Å². The number of hydrogen-bond acceptors (Lipinski definition) is 4. The van der Waals surface area contributed by atoms with Gasteiger partial charge in [0.1, 0.15) is 10.8 Å². The first kappa shape index (κ1) is 16.3. The van der Waals surface area contributed by atoms with E-state index in [4.69, 9.17) is 4.74 Å². The molecule has 0 radical (unpaired) electrons. The summed E-state index contributed by atoms with van der Waals surface area (Å²) in [6, 6.07) is 22.9. The van der Waals surface area contributed by atoms with Crippen molar-refractivity contribution in [1.29, 1.82) is 0 Å². The van der Waals surface area contributed by atoms with Gasteiger partial charge in [-0.25, -0.2) is 4.98 Å². The number of nitrogens with zero attached hydrogens (tertiary/aromatic N) is 1. The molecule has 1 N–H and O–H groups in total. The molecule has 5 heteroatoms. The molecule has 0 bridgehead atoms. The third-order valence-electron chi connectivity index (χ3n) is 4.02. The van der Waals surface area contributed by atoms with Gasteiger partial charge in [-0.1, -0.05) is 18.2 Å². The summed E-state index contributed by atoms with van der Waals surface area (Å²) in [5.41, 5.74) is 3.33. The summed E-state index contributed by atoms with van der Waals surface area (Å²) in [6.45, 7) is 0. The van der Waals surface area contributed by atoms with Crippen molar-refractivity contribution in [2.75, 3.05) is 12.4 Å². The molecule has 4 nitrogen and oxygen atoms in total. The van der Waals surface area contributed by atoms with E-state index < -0.39 is 0 Å². The van der Waals surface area contributed by atoms with E-state index in [1.807, 2.05) is 48.5 Å². The smallest absolute Gasteiger partial charge is 0.255 e. The van der Waals surface area contributed by atoms with Crippen molar-refractivity contribution in [1.82, 2.24) is 4.98 Å². The molecule has 1 heterocycles. The molecule has 3 aromatic carbocycles. The Balaban J connectivity index is 1.53. The number of benzene rings is 3. The maximum absolute atomic E-state index is 12.4. The molecule has 0 saturated heterocycles. The summed E-state index contributed by atoms with van der Waals surface area (Å²) in [5, 5.41) is 3.87. The molecule has 0 aliphatic heterocycles. The monoisotopic (exact) mass is 360 g/mol. The predicted molar refractivity (Wildman–Crippen MR) is 106 cm³/mol. The van der Waals surface area contributed by atoms with E-state index in [9.17, 15) is 4.79 Å². The summed E-state index contributed by atoms with van der Waals surface area (Å²) in [4.78, 5) is 17.0. The minimum absolute atomic E-state index is 0.170. The molecule has 1 amide bonds. The van der Waals surface area contributed by atoms with E-state index in [-0.39, 0.29) is 5.91 Å². The highest BCUT2D eigenvalue weighted by Crippen LogP contribution is 2.30. The lowest BCUT2D eigenvalue weighted by atomic mass is 10.1. The van der Waals surface area contributed by atoms with Crippen LogP contribution in [-0.4, -0.2) is 18.0 Å². The number of methoxy groups -OCH3 is 1. The molecule has 0 saturated carbocycles. The first-order chi connectivity index (χ1) is 12.7. The highest BCUT2D eigenvalue weighted by molar-refractivity contribution is 7.21. The molecule has 0 fully saturated rings. The minimum Gasteiger partial charge on any atom is -0.497 e. The summed E-state index contributed by atoms with van der Waals surface area (Å²) in [7, 11) is 1.58. The van der Waals surface area contributed by atoms with Gasteiger partial charge in [-0.3, -0.25) is 4.79 Å². The molecule has 4 rings (SSSR count). The third kappa shape index (κ3) is 3.30. The van der Waals surface area contributed by atoms with Crippen molar-refractivity contribution >= 4 is 33.1 Å². The number of hydrogen-bond donors (Lipinski definition) is 1.